The summed E-state index contributed by atoms with van der Waals surface area (Å²) in [6.45, 7) is 3.79. The fourth-order valence-corrected chi connectivity index (χ4v) is 3.92. The number of tetrazole rings is 1. The number of hydrogen-bond acceptors (Lipinski definition) is 8. The molecule has 1 aliphatic rings. The zero-order valence-electron chi connectivity index (χ0n) is 19.5. The molecule has 0 radical (unpaired) electrons. The lowest BCUT2D eigenvalue weighted by Crippen LogP contribution is -2.42. The molecule has 0 saturated heterocycles. The minimum absolute atomic E-state index is 0.0147. The minimum atomic E-state index is -0.356. The summed E-state index contributed by atoms with van der Waals surface area (Å²) in [5, 5.41) is 35.9. The van der Waals surface area contributed by atoms with Crippen LogP contribution in [-0.4, -0.2) is 81.6 Å². The molecule has 10 heteroatoms. The number of aryl methyl sites for hydroxylation is 1. The number of likely N-dealkylation sites (N-methyl/N-ethyl adjacent to an activating group) is 1. The number of aromatic nitrogens is 4. The molecule has 0 aliphatic heterocycles. The Hall–Kier alpha value is -3.24. The highest BCUT2D eigenvalue weighted by molar-refractivity contribution is 5.86. The van der Waals surface area contributed by atoms with Crippen LogP contribution in [0.25, 0.3) is 17.0 Å². The first-order chi connectivity index (χ1) is 15.8. The fourth-order valence-electron chi connectivity index (χ4n) is 3.92. The molecule has 1 amide bonds. The van der Waals surface area contributed by atoms with E-state index in [2.05, 4.69) is 20.8 Å². The lowest BCUT2D eigenvalue weighted by Gasteiger charge is -2.23. The quantitative estimate of drug-likeness (QED) is 0.462. The molecule has 1 aromatic carbocycles. The molecule has 33 heavy (non-hydrogen) atoms. The zero-order valence-corrected chi connectivity index (χ0v) is 19.5. The Morgan fingerprint density at radius 2 is 2.06 bits per heavy atom. The molecular formula is C23H32N6O4. The first-order valence-corrected chi connectivity index (χ1v) is 10.9. The third-order valence-electron chi connectivity index (χ3n) is 5.40. The molecule has 0 fully saturated rings. The molecule has 0 saturated carbocycles. The van der Waals surface area contributed by atoms with E-state index in [1.165, 1.54) is 6.07 Å². The van der Waals surface area contributed by atoms with Gasteiger partial charge >= 0.3 is 0 Å². The van der Waals surface area contributed by atoms with Crippen LogP contribution in [0.5, 0.6) is 11.5 Å². The summed E-state index contributed by atoms with van der Waals surface area (Å²) in [5.74, 6) is -0.227. The maximum Gasteiger partial charge on any atom is 0.227 e. The Morgan fingerprint density at radius 1 is 1.30 bits per heavy atom. The smallest absolute Gasteiger partial charge is 0.227 e. The molecule has 0 bridgehead atoms. The number of methoxy groups -OCH3 is 1. The fraction of sp³-hybridized carbons (Fsp3) is 0.478. The standard InChI is InChI=1S/C23H32N6O4/c1-15(14-28(2)3)24-23(32)17-8-5-7-16(11-17)18-12-19(21(31)13-20(18)30)22-25-26-27-29(22)9-6-10-33-4/h5,7-8,12-13,15,17,30-31H,6,9-11,14H2,1-4H3,(H,24,32). The van der Waals surface area contributed by atoms with Gasteiger partial charge in [-0.05, 0) is 55.9 Å². The lowest BCUT2D eigenvalue weighted by atomic mass is 9.88. The van der Waals surface area contributed by atoms with Gasteiger partial charge in [-0.25, -0.2) is 4.68 Å². The van der Waals surface area contributed by atoms with Gasteiger partial charge in [0.25, 0.3) is 0 Å². The number of phenols is 2. The van der Waals surface area contributed by atoms with Crippen LogP contribution in [0.4, 0.5) is 0 Å². The van der Waals surface area contributed by atoms with Crippen LogP contribution in [0.1, 0.15) is 25.3 Å². The number of allylic oxidation sites excluding steroid dienone is 3. The van der Waals surface area contributed by atoms with Crippen LogP contribution >= 0.6 is 0 Å². The molecule has 0 spiro atoms. The highest BCUT2D eigenvalue weighted by atomic mass is 16.5. The number of carbonyl (C=O) groups is 1. The van der Waals surface area contributed by atoms with Gasteiger partial charge in [0.15, 0.2) is 5.82 Å². The van der Waals surface area contributed by atoms with Crippen molar-refractivity contribution in [3.63, 3.8) is 0 Å². The van der Waals surface area contributed by atoms with Gasteiger partial charge in [0.05, 0.1) is 11.5 Å². The molecule has 2 atom stereocenters. The lowest BCUT2D eigenvalue weighted by molar-refractivity contribution is -0.124. The summed E-state index contributed by atoms with van der Waals surface area (Å²) in [6.07, 6.45) is 6.67. The van der Waals surface area contributed by atoms with Crippen molar-refractivity contribution >= 4 is 11.5 Å². The van der Waals surface area contributed by atoms with E-state index < -0.39 is 0 Å². The number of rotatable bonds is 10. The maximum absolute atomic E-state index is 12.8. The Kier molecular flexibility index (Phi) is 8.18. The van der Waals surface area contributed by atoms with Crippen molar-refractivity contribution in [2.45, 2.75) is 32.4 Å². The number of benzene rings is 1. The van der Waals surface area contributed by atoms with Gasteiger partial charge in [-0.3, -0.25) is 4.79 Å². The van der Waals surface area contributed by atoms with Crippen LogP contribution in [0.15, 0.2) is 30.4 Å². The molecule has 3 rings (SSSR count). The van der Waals surface area contributed by atoms with Crippen LogP contribution in [0.2, 0.25) is 0 Å². The van der Waals surface area contributed by atoms with Gasteiger partial charge < -0.3 is 25.2 Å². The number of amides is 1. The second-order valence-corrected chi connectivity index (χ2v) is 8.52. The largest absolute Gasteiger partial charge is 0.507 e. The van der Waals surface area contributed by atoms with Crippen molar-refractivity contribution in [3.05, 3.63) is 35.9 Å². The predicted molar refractivity (Wildman–Crippen MR) is 124 cm³/mol. The number of carbonyl (C=O) groups excluding carboxylic acids is 1. The van der Waals surface area contributed by atoms with E-state index in [1.54, 1.807) is 17.9 Å². The highest BCUT2D eigenvalue weighted by Crippen LogP contribution is 2.39. The molecule has 2 aromatic rings. The normalized spacial score (nSPS) is 16.6. The third kappa shape index (κ3) is 6.17. The summed E-state index contributed by atoms with van der Waals surface area (Å²) in [4.78, 5) is 14.8. The van der Waals surface area contributed by atoms with Crippen LogP contribution in [-0.2, 0) is 16.1 Å². The van der Waals surface area contributed by atoms with E-state index in [1.807, 2.05) is 44.1 Å². The zero-order chi connectivity index (χ0) is 24.0. The Balaban J connectivity index is 1.82. The van der Waals surface area contributed by atoms with Gasteiger partial charge in [0.2, 0.25) is 5.91 Å². The number of aromatic hydroxyl groups is 2. The summed E-state index contributed by atoms with van der Waals surface area (Å²) in [6, 6.07) is 2.96. The molecule has 10 nitrogen and oxygen atoms in total. The number of ether oxygens (including phenoxy) is 1. The van der Waals surface area contributed by atoms with E-state index in [0.29, 0.717) is 42.9 Å². The Labute approximate surface area is 193 Å². The van der Waals surface area contributed by atoms with Gasteiger partial charge in [-0.2, -0.15) is 0 Å². The SMILES string of the molecule is COCCCn1nnnc1-c1cc(C2=CC=CC(C(=O)NC(C)CN(C)C)C2)c(O)cc1O. The summed E-state index contributed by atoms with van der Waals surface area (Å²) in [7, 11) is 5.55. The highest BCUT2D eigenvalue weighted by Gasteiger charge is 2.24. The van der Waals surface area contributed by atoms with E-state index in [9.17, 15) is 15.0 Å². The third-order valence-corrected chi connectivity index (χ3v) is 5.40. The first kappa shape index (κ1) is 24.4. The van der Waals surface area contributed by atoms with Gasteiger partial charge in [-0.15, -0.1) is 5.10 Å². The molecule has 1 aromatic heterocycles. The second kappa shape index (κ2) is 11.1. The van der Waals surface area contributed by atoms with Crippen molar-refractivity contribution in [2.75, 3.05) is 34.4 Å². The number of phenolic OH excluding ortho intramolecular Hbond substituents is 2. The molecule has 178 valence electrons. The monoisotopic (exact) mass is 456 g/mol. The predicted octanol–water partition coefficient (Wildman–Crippen LogP) is 1.81. The van der Waals surface area contributed by atoms with Gasteiger partial charge in [0.1, 0.15) is 11.5 Å². The topological polar surface area (TPSA) is 126 Å². The maximum atomic E-state index is 12.8. The van der Waals surface area contributed by atoms with Crippen molar-refractivity contribution in [2.24, 2.45) is 5.92 Å². The van der Waals surface area contributed by atoms with Crippen LogP contribution < -0.4 is 5.32 Å². The minimum Gasteiger partial charge on any atom is -0.507 e. The molecule has 3 N–H and O–H groups in total. The summed E-state index contributed by atoms with van der Waals surface area (Å²) in [5.41, 5.74) is 1.72. The average Bonchev–Trinajstić information content (AvgIpc) is 3.21. The van der Waals surface area contributed by atoms with Crippen molar-refractivity contribution in [3.8, 4) is 22.9 Å². The number of nitrogens with one attached hydrogen (secondary N) is 1. The summed E-state index contributed by atoms with van der Waals surface area (Å²) < 4.78 is 6.67. The van der Waals surface area contributed by atoms with Crippen molar-refractivity contribution in [1.29, 1.82) is 0 Å². The van der Waals surface area contributed by atoms with E-state index in [0.717, 1.165) is 12.1 Å². The second-order valence-electron chi connectivity index (χ2n) is 8.52. The van der Waals surface area contributed by atoms with Gasteiger partial charge in [0, 0.05) is 44.5 Å². The summed E-state index contributed by atoms with van der Waals surface area (Å²) >= 11 is 0. The molecular weight excluding hydrogens is 424 g/mol. The number of nitrogens with zero attached hydrogens (tertiary/aromatic N) is 5. The Morgan fingerprint density at radius 3 is 2.79 bits per heavy atom. The van der Waals surface area contributed by atoms with Crippen LogP contribution in [0.3, 0.4) is 0 Å². The van der Waals surface area contributed by atoms with E-state index in [-0.39, 0.29) is 29.4 Å². The first-order valence-electron chi connectivity index (χ1n) is 10.9. The molecule has 1 heterocycles. The number of hydrogen-bond donors (Lipinski definition) is 3. The van der Waals surface area contributed by atoms with Crippen molar-refractivity contribution in [1.82, 2.24) is 30.4 Å². The molecule has 2 unspecified atom stereocenters. The van der Waals surface area contributed by atoms with E-state index >= 15 is 0 Å². The van der Waals surface area contributed by atoms with Crippen molar-refractivity contribution < 1.29 is 19.7 Å². The Bertz CT molecular complexity index is 1030. The van der Waals surface area contributed by atoms with Gasteiger partial charge in [-0.1, -0.05) is 18.2 Å². The molecule has 1 aliphatic carbocycles. The van der Waals surface area contributed by atoms with E-state index in [4.69, 9.17) is 4.74 Å². The average molecular weight is 457 g/mol. The van der Waals surface area contributed by atoms with Crippen LogP contribution in [0, 0.1) is 5.92 Å².